The highest BCUT2D eigenvalue weighted by Gasteiger charge is 2.43. The van der Waals surface area contributed by atoms with Gasteiger partial charge in [-0.25, -0.2) is 0 Å². The number of rotatable bonds is 3. The van der Waals surface area contributed by atoms with Gasteiger partial charge < -0.3 is 9.88 Å². The molecule has 1 unspecified atom stereocenters. The Labute approximate surface area is 163 Å². The van der Waals surface area contributed by atoms with Crippen molar-refractivity contribution >= 4 is 38.3 Å². The molecule has 4 rings (SSSR count). The first-order valence-electron chi connectivity index (χ1n) is 9.41. The van der Waals surface area contributed by atoms with E-state index in [0.717, 1.165) is 36.2 Å². The lowest BCUT2D eigenvalue weighted by Gasteiger charge is -2.45. The van der Waals surface area contributed by atoms with Crippen LogP contribution >= 0.6 is 15.9 Å². The summed E-state index contributed by atoms with van der Waals surface area (Å²) in [5, 5.41) is 1.30. The topological polar surface area (TPSA) is 39.3 Å². The number of nitrogens with zero attached hydrogens (tertiary/aromatic N) is 2. The molecule has 2 heterocycles. The smallest absolute Gasteiger partial charge is 0.233 e. The maximum absolute atomic E-state index is 13.2. The second kappa shape index (κ2) is 6.24. The molecular formula is C21H26BrN3O. The first kappa shape index (κ1) is 17.8. The number of nitrogens with one attached hydrogen (secondary N) is 1. The molecule has 0 saturated heterocycles. The fourth-order valence-electron chi connectivity index (χ4n) is 4.79. The number of hydrogen-bond donors (Lipinski definition) is 1. The Morgan fingerprint density at radius 2 is 2.12 bits per heavy atom. The maximum Gasteiger partial charge on any atom is 0.233 e. The number of likely N-dealkylation sites (N-methyl/N-ethyl adjacent to an activating group) is 1. The fourth-order valence-corrected chi connectivity index (χ4v) is 5.36. The number of carbonyl (C=O) groups is 1. The van der Waals surface area contributed by atoms with E-state index in [9.17, 15) is 4.79 Å². The van der Waals surface area contributed by atoms with Crippen molar-refractivity contribution in [3.63, 3.8) is 0 Å². The van der Waals surface area contributed by atoms with Gasteiger partial charge in [0.15, 0.2) is 0 Å². The Morgan fingerprint density at radius 1 is 1.38 bits per heavy atom. The third-order valence-electron chi connectivity index (χ3n) is 6.07. The van der Waals surface area contributed by atoms with Gasteiger partial charge in [0.05, 0.1) is 10.0 Å². The average Bonchev–Trinajstić information content (AvgIpc) is 2.94. The molecule has 0 spiro atoms. The first-order valence-corrected chi connectivity index (χ1v) is 10.2. The molecule has 0 radical (unpaired) electrons. The molecule has 1 aliphatic heterocycles. The highest BCUT2D eigenvalue weighted by Crippen LogP contribution is 2.45. The third kappa shape index (κ3) is 2.48. The molecule has 2 aromatic rings. The van der Waals surface area contributed by atoms with Crippen molar-refractivity contribution in [3.05, 3.63) is 40.0 Å². The van der Waals surface area contributed by atoms with Crippen molar-refractivity contribution in [3.8, 4) is 0 Å². The number of carbonyl (C=O) groups excluding carboxylic acids is 1. The van der Waals surface area contributed by atoms with E-state index in [0.29, 0.717) is 6.04 Å². The molecule has 4 nitrogen and oxygen atoms in total. The van der Waals surface area contributed by atoms with Crippen LogP contribution in [0.25, 0.3) is 16.5 Å². The Kier molecular flexibility index (Phi) is 4.27. The molecule has 1 aliphatic carbocycles. The van der Waals surface area contributed by atoms with Crippen LogP contribution in [0.1, 0.15) is 31.9 Å². The van der Waals surface area contributed by atoms with E-state index in [2.05, 4.69) is 77.9 Å². The summed E-state index contributed by atoms with van der Waals surface area (Å²) >= 11 is 3.70. The van der Waals surface area contributed by atoms with Crippen LogP contribution in [0.3, 0.4) is 0 Å². The van der Waals surface area contributed by atoms with Crippen LogP contribution in [0, 0.1) is 5.41 Å². The van der Waals surface area contributed by atoms with E-state index in [1.807, 2.05) is 4.90 Å². The van der Waals surface area contributed by atoms with Gasteiger partial charge in [-0.1, -0.05) is 18.2 Å². The van der Waals surface area contributed by atoms with Gasteiger partial charge in [0.25, 0.3) is 0 Å². The Balaban J connectivity index is 1.88. The van der Waals surface area contributed by atoms with E-state index >= 15 is 0 Å². The minimum absolute atomic E-state index is 0.230. The highest BCUT2D eigenvalue weighted by molar-refractivity contribution is 9.10. The molecule has 0 saturated carbocycles. The molecule has 2 atom stereocenters. The van der Waals surface area contributed by atoms with E-state index in [1.165, 1.54) is 22.1 Å². The number of amides is 1. The predicted octanol–water partition coefficient (Wildman–Crippen LogP) is 4.06. The molecule has 1 N–H and O–H groups in total. The normalized spacial score (nSPS) is 25.1. The molecule has 1 aromatic carbocycles. The standard InChI is InChI=1S/C21H26BrN3O/c1-5-25(6-2)20(26)21(3)11-15-13-8-7-9-16-18(13)14(19(22)23-16)10-17(15)24(4)12-21/h7-9,11,17,23H,5-6,10,12H2,1-4H3/t17-,21?/m0/s1. The lowest BCUT2D eigenvalue weighted by Crippen LogP contribution is -2.53. The quantitative estimate of drug-likeness (QED) is 0.820. The molecule has 138 valence electrons. The van der Waals surface area contributed by atoms with Crippen LogP contribution in [0.5, 0.6) is 0 Å². The maximum atomic E-state index is 13.2. The van der Waals surface area contributed by atoms with Gasteiger partial charge in [0, 0.05) is 36.6 Å². The van der Waals surface area contributed by atoms with Crippen LogP contribution in [0.15, 0.2) is 28.9 Å². The lowest BCUT2D eigenvalue weighted by molar-refractivity contribution is -0.139. The zero-order chi connectivity index (χ0) is 18.6. The van der Waals surface area contributed by atoms with Gasteiger partial charge in [-0.15, -0.1) is 0 Å². The Morgan fingerprint density at radius 3 is 2.81 bits per heavy atom. The van der Waals surface area contributed by atoms with Crippen molar-refractivity contribution in [1.29, 1.82) is 0 Å². The summed E-state index contributed by atoms with van der Waals surface area (Å²) in [4.78, 5) is 21.0. The molecule has 1 aromatic heterocycles. The zero-order valence-electron chi connectivity index (χ0n) is 15.9. The summed E-state index contributed by atoms with van der Waals surface area (Å²) in [6.45, 7) is 8.47. The third-order valence-corrected chi connectivity index (χ3v) is 6.74. The van der Waals surface area contributed by atoms with Crippen molar-refractivity contribution in [2.24, 2.45) is 5.41 Å². The van der Waals surface area contributed by atoms with E-state index < -0.39 is 5.41 Å². The second-order valence-corrected chi connectivity index (χ2v) is 8.57. The van der Waals surface area contributed by atoms with Crippen LogP contribution in [0.2, 0.25) is 0 Å². The van der Waals surface area contributed by atoms with E-state index in [4.69, 9.17) is 0 Å². The lowest BCUT2D eigenvalue weighted by atomic mass is 9.74. The molecule has 26 heavy (non-hydrogen) atoms. The average molecular weight is 416 g/mol. The predicted molar refractivity (Wildman–Crippen MR) is 110 cm³/mol. The summed E-state index contributed by atoms with van der Waals surface area (Å²) < 4.78 is 1.08. The second-order valence-electron chi connectivity index (χ2n) is 7.78. The number of aromatic nitrogens is 1. The zero-order valence-corrected chi connectivity index (χ0v) is 17.5. The van der Waals surface area contributed by atoms with Crippen LogP contribution in [-0.4, -0.2) is 53.4 Å². The van der Waals surface area contributed by atoms with Gasteiger partial charge in [-0.05, 0) is 72.9 Å². The SMILES string of the molecule is CCN(CC)C(=O)C1(C)C=C2c3cccc4[nH]c(Br)c(c34)C[C@@H]2N(C)C1. The number of hydrogen-bond acceptors (Lipinski definition) is 2. The van der Waals surface area contributed by atoms with Crippen LogP contribution in [-0.2, 0) is 11.2 Å². The van der Waals surface area contributed by atoms with Gasteiger partial charge in [-0.3, -0.25) is 9.69 Å². The summed E-state index contributed by atoms with van der Waals surface area (Å²) in [5.74, 6) is 0.230. The van der Waals surface area contributed by atoms with Crippen molar-refractivity contribution in [2.45, 2.75) is 33.2 Å². The number of fused-ring (bicyclic) bond motifs is 2. The summed E-state index contributed by atoms with van der Waals surface area (Å²) in [7, 11) is 2.15. The number of halogens is 1. The minimum atomic E-state index is -0.486. The van der Waals surface area contributed by atoms with Gasteiger partial charge >= 0.3 is 0 Å². The molecule has 5 heteroatoms. The molecule has 0 fully saturated rings. The molecule has 1 amide bonds. The van der Waals surface area contributed by atoms with E-state index in [1.54, 1.807) is 0 Å². The molecule has 2 aliphatic rings. The minimum Gasteiger partial charge on any atom is -0.349 e. The highest BCUT2D eigenvalue weighted by atomic mass is 79.9. The molecule has 0 bridgehead atoms. The monoisotopic (exact) mass is 415 g/mol. The number of aromatic amines is 1. The first-order chi connectivity index (χ1) is 12.4. The van der Waals surface area contributed by atoms with Gasteiger partial charge in [0.2, 0.25) is 5.91 Å². The number of H-pyrrole nitrogens is 1. The van der Waals surface area contributed by atoms with Crippen LogP contribution in [0.4, 0.5) is 0 Å². The largest absolute Gasteiger partial charge is 0.349 e. The van der Waals surface area contributed by atoms with Gasteiger partial charge in [0.1, 0.15) is 0 Å². The number of benzene rings is 1. The van der Waals surface area contributed by atoms with Crippen molar-refractivity contribution in [2.75, 3.05) is 26.7 Å². The van der Waals surface area contributed by atoms with Crippen LogP contribution < -0.4 is 0 Å². The van der Waals surface area contributed by atoms with E-state index in [-0.39, 0.29) is 5.91 Å². The Hall–Kier alpha value is -1.59. The van der Waals surface area contributed by atoms with Gasteiger partial charge in [-0.2, -0.15) is 0 Å². The summed E-state index contributed by atoms with van der Waals surface area (Å²) in [6.07, 6.45) is 3.23. The summed E-state index contributed by atoms with van der Waals surface area (Å²) in [6, 6.07) is 6.75. The Bertz CT molecular complexity index is 911. The van der Waals surface area contributed by atoms with Crippen molar-refractivity contribution in [1.82, 2.24) is 14.8 Å². The fraction of sp³-hybridized carbons (Fsp3) is 0.476. The van der Waals surface area contributed by atoms with Crippen molar-refractivity contribution < 1.29 is 4.79 Å². The summed E-state index contributed by atoms with van der Waals surface area (Å²) in [5.41, 5.74) is 4.59. The molecular weight excluding hydrogens is 390 g/mol.